The lowest BCUT2D eigenvalue weighted by atomic mass is 10.1. The minimum atomic E-state index is -3.44. The van der Waals surface area contributed by atoms with Crippen molar-refractivity contribution in [3.05, 3.63) is 48.0 Å². The molecule has 0 aliphatic heterocycles. The number of hydrogen-bond acceptors (Lipinski definition) is 5. The molecule has 7 nitrogen and oxygen atoms in total. The summed E-state index contributed by atoms with van der Waals surface area (Å²) in [6.45, 7) is 0. The maximum atomic E-state index is 12.3. The van der Waals surface area contributed by atoms with Crippen LogP contribution in [-0.4, -0.2) is 27.7 Å². The quantitative estimate of drug-likeness (QED) is 0.723. The van der Waals surface area contributed by atoms with Crippen LogP contribution in [0.15, 0.2) is 42.5 Å². The first-order valence-electron chi connectivity index (χ1n) is 6.61. The fourth-order valence-corrected chi connectivity index (χ4v) is 2.46. The van der Waals surface area contributed by atoms with Gasteiger partial charge in [0.25, 0.3) is 5.91 Å². The topological polar surface area (TPSA) is 111 Å². The van der Waals surface area contributed by atoms with Crippen molar-refractivity contribution < 1.29 is 17.9 Å². The van der Waals surface area contributed by atoms with Gasteiger partial charge in [-0.05, 0) is 42.5 Å². The fourth-order valence-electron chi connectivity index (χ4n) is 1.90. The van der Waals surface area contributed by atoms with Crippen molar-refractivity contribution in [1.29, 1.82) is 0 Å². The summed E-state index contributed by atoms with van der Waals surface area (Å²) in [5, 5.41) is 2.69. The van der Waals surface area contributed by atoms with Gasteiger partial charge >= 0.3 is 0 Å². The number of ether oxygens (including phenoxy) is 1. The summed E-state index contributed by atoms with van der Waals surface area (Å²) in [5.41, 5.74) is 7.05. The molecule has 0 spiro atoms. The maximum Gasteiger partial charge on any atom is 0.257 e. The van der Waals surface area contributed by atoms with Crippen molar-refractivity contribution in [1.82, 2.24) is 0 Å². The van der Waals surface area contributed by atoms with Crippen molar-refractivity contribution in [3.63, 3.8) is 0 Å². The van der Waals surface area contributed by atoms with Crippen LogP contribution in [0.1, 0.15) is 10.4 Å². The zero-order chi connectivity index (χ0) is 17.0. The summed E-state index contributed by atoms with van der Waals surface area (Å²) in [5.74, 6) is 0.228. The number of amides is 1. The number of hydrogen-bond donors (Lipinski definition) is 3. The molecule has 0 atom stereocenters. The molecule has 8 heteroatoms. The maximum absolute atomic E-state index is 12.3. The van der Waals surface area contributed by atoms with E-state index in [1.54, 1.807) is 31.4 Å². The van der Waals surface area contributed by atoms with E-state index in [0.29, 0.717) is 11.4 Å². The summed E-state index contributed by atoms with van der Waals surface area (Å²) in [4.78, 5) is 12.3. The van der Waals surface area contributed by atoms with E-state index < -0.39 is 15.9 Å². The van der Waals surface area contributed by atoms with E-state index in [1.165, 1.54) is 18.2 Å². The summed E-state index contributed by atoms with van der Waals surface area (Å²) in [6, 6.07) is 11.1. The summed E-state index contributed by atoms with van der Waals surface area (Å²) in [7, 11) is -1.89. The second kappa shape index (κ2) is 6.57. The Morgan fingerprint density at radius 2 is 1.70 bits per heavy atom. The Kier molecular flexibility index (Phi) is 4.75. The lowest BCUT2D eigenvalue weighted by Gasteiger charge is -2.11. The number of methoxy groups -OCH3 is 1. The van der Waals surface area contributed by atoms with Gasteiger partial charge in [-0.15, -0.1) is 0 Å². The van der Waals surface area contributed by atoms with Gasteiger partial charge in [0.1, 0.15) is 5.75 Å². The molecule has 23 heavy (non-hydrogen) atoms. The largest absolute Gasteiger partial charge is 0.497 e. The number of anilines is 3. The molecule has 1 amide bonds. The van der Waals surface area contributed by atoms with E-state index in [4.69, 9.17) is 10.5 Å². The molecule has 0 heterocycles. The van der Waals surface area contributed by atoms with Crippen molar-refractivity contribution in [2.75, 3.05) is 29.1 Å². The number of nitrogens with two attached hydrogens (primary N) is 1. The van der Waals surface area contributed by atoms with Crippen LogP contribution in [0.25, 0.3) is 0 Å². The van der Waals surface area contributed by atoms with E-state index >= 15 is 0 Å². The molecule has 2 rings (SSSR count). The number of nitrogens with one attached hydrogen (secondary N) is 2. The van der Waals surface area contributed by atoms with E-state index in [2.05, 4.69) is 10.0 Å². The Hall–Kier alpha value is -2.74. The zero-order valence-corrected chi connectivity index (χ0v) is 13.5. The van der Waals surface area contributed by atoms with Gasteiger partial charge in [0, 0.05) is 17.1 Å². The van der Waals surface area contributed by atoms with E-state index in [1.807, 2.05) is 0 Å². The van der Waals surface area contributed by atoms with Crippen molar-refractivity contribution in [2.24, 2.45) is 0 Å². The monoisotopic (exact) mass is 335 g/mol. The highest BCUT2D eigenvalue weighted by Gasteiger charge is 2.12. The van der Waals surface area contributed by atoms with Gasteiger partial charge in [-0.25, -0.2) is 8.42 Å². The predicted molar refractivity (Wildman–Crippen MR) is 90.3 cm³/mol. The highest BCUT2D eigenvalue weighted by atomic mass is 32.2. The average Bonchev–Trinajstić information content (AvgIpc) is 2.48. The third kappa shape index (κ3) is 4.62. The predicted octanol–water partition coefficient (Wildman–Crippen LogP) is 1.90. The molecule has 122 valence electrons. The minimum absolute atomic E-state index is 0.175. The molecule has 0 aromatic heterocycles. The number of sulfonamides is 1. The molecule has 0 bridgehead atoms. The Labute approximate surface area is 134 Å². The van der Waals surface area contributed by atoms with Crippen molar-refractivity contribution >= 4 is 33.0 Å². The van der Waals surface area contributed by atoms with Crippen LogP contribution in [0.2, 0.25) is 0 Å². The first kappa shape index (κ1) is 16.6. The van der Waals surface area contributed by atoms with Crippen molar-refractivity contribution in [2.45, 2.75) is 0 Å². The van der Waals surface area contributed by atoms with Crippen LogP contribution < -0.4 is 20.5 Å². The Bertz CT molecular complexity index is 817. The molecular formula is C15H17N3O4S. The molecule has 2 aromatic rings. The highest BCUT2D eigenvalue weighted by Crippen LogP contribution is 2.21. The molecule has 0 unspecified atom stereocenters. The van der Waals surface area contributed by atoms with Crippen molar-refractivity contribution in [3.8, 4) is 5.75 Å². The lowest BCUT2D eigenvalue weighted by Crippen LogP contribution is -2.15. The van der Waals surface area contributed by atoms with Crippen LogP contribution in [0.4, 0.5) is 17.1 Å². The van der Waals surface area contributed by atoms with E-state index in [0.717, 1.165) is 6.26 Å². The van der Waals surface area contributed by atoms with Gasteiger partial charge in [-0.1, -0.05) is 0 Å². The summed E-state index contributed by atoms with van der Waals surface area (Å²) >= 11 is 0. The molecule has 4 N–H and O–H groups in total. The van der Waals surface area contributed by atoms with E-state index in [9.17, 15) is 13.2 Å². The average molecular weight is 335 g/mol. The van der Waals surface area contributed by atoms with Crippen LogP contribution in [0.3, 0.4) is 0 Å². The summed E-state index contributed by atoms with van der Waals surface area (Å²) in [6.07, 6.45) is 1.03. The van der Waals surface area contributed by atoms with Crippen LogP contribution in [-0.2, 0) is 10.0 Å². The van der Waals surface area contributed by atoms with Gasteiger partial charge in [0.05, 0.1) is 18.9 Å². The number of nitrogen functional groups attached to an aromatic ring is 1. The smallest absolute Gasteiger partial charge is 0.257 e. The first-order chi connectivity index (χ1) is 10.8. The highest BCUT2D eigenvalue weighted by molar-refractivity contribution is 7.92. The molecule has 0 aliphatic rings. The Morgan fingerprint density at radius 1 is 1.09 bits per heavy atom. The van der Waals surface area contributed by atoms with Crippen LogP contribution in [0.5, 0.6) is 5.75 Å². The van der Waals surface area contributed by atoms with E-state index in [-0.39, 0.29) is 16.9 Å². The fraction of sp³-hybridized carbons (Fsp3) is 0.133. The third-order valence-electron chi connectivity index (χ3n) is 2.95. The third-order valence-corrected chi connectivity index (χ3v) is 3.56. The number of rotatable bonds is 5. The van der Waals surface area contributed by atoms with Gasteiger partial charge in [-0.2, -0.15) is 0 Å². The molecule has 0 radical (unpaired) electrons. The summed E-state index contributed by atoms with van der Waals surface area (Å²) < 4.78 is 29.9. The second-order valence-corrected chi connectivity index (χ2v) is 6.61. The molecule has 0 aliphatic carbocycles. The minimum Gasteiger partial charge on any atom is -0.497 e. The molecule has 0 saturated carbocycles. The standard InChI is InChI=1S/C15H17N3O4S/c1-22-12-6-3-10(4-7-12)17-15(19)13-9-11(5-8-14(13)16)18-23(2,20)21/h3-9,18H,16H2,1-2H3,(H,17,19). The molecule has 0 fully saturated rings. The molecular weight excluding hydrogens is 318 g/mol. The van der Waals surface area contributed by atoms with Crippen LogP contribution in [0, 0.1) is 0 Å². The normalized spacial score (nSPS) is 10.9. The SMILES string of the molecule is COc1ccc(NC(=O)c2cc(NS(C)(=O)=O)ccc2N)cc1. The van der Waals surface area contributed by atoms with Crippen LogP contribution >= 0.6 is 0 Å². The van der Waals surface area contributed by atoms with Gasteiger partial charge in [-0.3, -0.25) is 9.52 Å². The first-order valence-corrected chi connectivity index (χ1v) is 8.50. The molecule has 0 saturated heterocycles. The number of benzene rings is 2. The Balaban J connectivity index is 2.22. The second-order valence-electron chi connectivity index (χ2n) is 4.86. The van der Waals surface area contributed by atoms with Gasteiger partial charge in [0.15, 0.2) is 0 Å². The van der Waals surface area contributed by atoms with Gasteiger partial charge in [0.2, 0.25) is 10.0 Å². The Morgan fingerprint density at radius 3 is 2.26 bits per heavy atom. The lowest BCUT2D eigenvalue weighted by molar-refractivity contribution is 0.102. The molecule has 2 aromatic carbocycles. The van der Waals surface area contributed by atoms with Gasteiger partial charge < -0.3 is 15.8 Å². The zero-order valence-electron chi connectivity index (χ0n) is 12.7. The number of carbonyl (C=O) groups excluding carboxylic acids is 1. The number of carbonyl (C=O) groups is 1.